The number of fused-ring (bicyclic) bond motifs is 6. The molecule has 1 heteroatoms. The van der Waals surface area contributed by atoms with Gasteiger partial charge in [0.25, 0.3) is 0 Å². The highest BCUT2D eigenvalue weighted by molar-refractivity contribution is 6.26. The van der Waals surface area contributed by atoms with Crippen LogP contribution in [0.3, 0.4) is 0 Å². The second-order valence-corrected chi connectivity index (χ2v) is 11.8. The second kappa shape index (κ2) is 11.1. The van der Waals surface area contributed by atoms with Crippen LogP contribution in [0.15, 0.2) is 186 Å². The van der Waals surface area contributed by atoms with Gasteiger partial charge in [-0.05, 0) is 54.4 Å². The molecule has 0 aliphatic carbocycles. The van der Waals surface area contributed by atoms with Gasteiger partial charge in [0.1, 0.15) is 11.3 Å². The average molecular weight is 636 g/mol. The van der Waals surface area contributed by atoms with Crippen LogP contribution in [0.4, 0.5) is 0 Å². The molecule has 1 nitrogen and oxygen atoms in total. The van der Waals surface area contributed by atoms with Gasteiger partial charge < -0.3 is 4.42 Å². The first-order chi connectivity index (χ1) is 29.7. The van der Waals surface area contributed by atoms with E-state index in [0.717, 1.165) is 27.1 Å². The summed E-state index contributed by atoms with van der Waals surface area (Å²) in [5.74, 6) is 0.253. The van der Waals surface area contributed by atoms with Crippen molar-refractivity contribution in [2.75, 3.05) is 0 Å². The summed E-state index contributed by atoms with van der Waals surface area (Å²) in [6, 6.07) is 23.9. The largest absolute Gasteiger partial charge is 0.455 e. The molecule has 0 aliphatic rings. The van der Waals surface area contributed by atoms with Crippen LogP contribution in [-0.4, -0.2) is 0 Å². The first-order valence-electron chi connectivity index (χ1n) is 22.3. The zero-order valence-corrected chi connectivity index (χ0v) is 25.7. The Bertz CT molecular complexity index is 3510. The molecular formula is C48H30O. The fraction of sp³-hybridized carbons (Fsp3) is 0. The predicted molar refractivity (Wildman–Crippen MR) is 208 cm³/mol. The maximum absolute atomic E-state index is 9.64. The van der Waals surface area contributed by atoms with Crippen molar-refractivity contribution in [3.05, 3.63) is 182 Å². The molecule has 0 amide bonds. The normalized spacial score (nSPS) is 15.4. The van der Waals surface area contributed by atoms with Crippen LogP contribution < -0.4 is 0 Å². The van der Waals surface area contributed by atoms with Crippen molar-refractivity contribution in [3.8, 4) is 44.7 Å². The Labute approximate surface area is 302 Å². The number of hydrogen-bond acceptors (Lipinski definition) is 1. The van der Waals surface area contributed by atoms with Gasteiger partial charge in [0.15, 0.2) is 0 Å². The summed E-state index contributed by atoms with van der Waals surface area (Å²) in [5, 5.41) is 3.03. The van der Waals surface area contributed by atoms with Crippen LogP contribution in [-0.2, 0) is 0 Å². The monoisotopic (exact) mass is 635 g/mol. The lowest BCUT2D eigenvalue weighted by Gasteiger charge is -2.18. The molecule has 0 fully saturated rings. The van der Waals surface area contributed by atoms with E-state index in [1.165, 1.54) is 0 Å². The van der Waals surface area contributed by atoms with Crippen LogP contribution >= 0.6 is 0 Å². The molecule has 0 unspecified atom stereocenters. The summed E-state index contributed by atoms with van der Waals surface area (Å²) < 4.78 is 125. The van der Waals surface area contributed by atoms with E-state index >= 15 is 0 Å². The predicted octanol–water partition coefficient (Wildman–Crippen LogP) is 13.7. The molecule has 0 radical (unpaired) electrons. The number of para-hydroxylation sites is 1. The number of hydrogen-bond donors (Lipinski definition) is 0. The van der Waals surface area contributed by atoms with E-state index in [2.05, 4.69) is 0 Å². The van der Waals surface area contributed by atoms with Crippen molar-refractivity contribution in [1.82, 2.24) is 0 Å². The van der Waals surface area contributed by atoms with Gasteiger partial charge in [-0.2, -0.15) is 0 Å². The molecule has 9 aromatic carbocycles. The molecule has 10 rings (SSSR count). The van der Waals surface area contributed by atoms with E-state index < -0.39 is 84.1 Å². The molecule has 1 heterocycles. The van der Waals surface area contributed by atoms with Gasteiger partial charge in [0.05, 0.1) is 17.8 Å². The van der Waals surface area contributed by atoms with E-state index in [-0.39, 0.29) is 44.0 Å². The SMILES string of the molecule is [2H]c1c([2H])c([2H])c(-c2c3c([2H])c([2H])c([2H])c([2H])c3c(-c3c(-c4cccc5ccc6ccccc6c45)oc4c(-c5ccccc5)cccc34)c3c([2H])c([2H])c([2H])c([2H])c23)c([2H])c1[2H]. The molecule has 0 N–H and O–H groups in total. The maximum atomic E-state index is 9.64. The number of benzene rings is 9. The molecule has 0 atom stereocenters. The van der Waals surface area contributed by atoms with Crippen molar-refractivity contribution in [2.45, 2.75) is 0 Å². The molecule has 0 spiro atoms. The van der Waals surface area contributed by atoms with Crippen LogP contribution in [0.1, 0.15) is 17.8 Å². The topological polar surface area (TPSA) is 13.1 Å². The Kier molecular flexibility index (Phi) is 3.99. The Morgan fingerprint density at radius 3 is 1.69 bits per heavy atom. The van der Waals surface area contributed by atoms with Crippen LogP contribution in [0.25, 0.3) is 98.8 Å². The van der Waals surface area contributed by atoms with E-state index in [1.54, 1.807) is 6.07 Å². The molecule has 228 valence electrons. The van der Waals surface area contributed by atoms with Crippen molar-refractivity contribution >= 4 is 54.1 Å². The fourth-order valence-electron chi connectivity index (χ4n) is 7.15. The van der Waals surface area contributed by atoms with E-state index in [4.69, 9.17) is 16.8 Å². The third kappa shape index (κ3) is 4.26. The second-order valence-electron chi connectivity index (χ2n) is 11.8. The minimum Gasteiger partial charge on any atom is -0.455 e. The lowest BCUT2D eigenvalue weighted by molar-refractivity contribution is 0.634. The van der Waals surface area contributed by atoms with Crippen LogP contribution in [0.2, 0.25) is 0 Å². The minimum absolute atomic E-state index is 0.00122. The van der Waals surface area contributed by atoms with Crippen molar-refractivity contribution in [1.29, 1.82) is 0 Å². The molecule has 0 bridgehead atoms. The standard InChI is InChI=1S/C48H30O/c1-3-15-31(16-4-1)36-26-14-28-42-46(48(49-47(36)42)41-27-13-20-34-30-29-32-17-7-8-21-35(32)43(34)41)45-39-24-11-9-22-37(39)44(33-18-5-2-6-19-33)38-23-10-12-25-40(38)45/h1-30H/i2D,5D,6D,9D,10D,11D,12D,18D,19D,22D,23D,24D,25D. The Balaban J connectivity index is 1.54. The van der Waals surface area contributed by atoms with Gasteiger partial charge in [-0.3, -0.25) is 0 Å². The molecule has 10 aromatic rings. The lowest BCUT2D eigenvalue weighted by Crippen LogP contribution is -1.92. The first kappa shape index (κ1) is 17.6. The van der Waals surface area contributed by atoms with Crippen LogP contribution in [0.5, 0.6) is 0 Å². The summed E-state index contributed by atoms with van der Waals surface area (Å²) in [6.45, 7) is 0. The van der Waals surface area contributed by atoms with Crippen molar-refractivity contribution in [3.63, 3.8) is 0 Å². The summed E-state index contributed by atoms with van der Waals surface area (Å²) in [6.07, 6.45) is 0. The first-order valence-corrected chi connectivity index (χ1v) is 15.8. The highest BCUT2D eigenvalue weighted by atomic mass is 16.3. The van der Waals surface area contributed by atoms with E-state index in [9.17, 15) is 5.48 Å². The van der Waals surface area contributed by atoms with Crippen molar-refractivity contribution < 1.29 is 22.2 Å². The molecule has 0 saturated heterocycles. The molecule has 49 heavy (non-hydrogen) atoms. The van der Waals surface area contributed by atoms with Gasteiger partial charge in [-0.15, -0.1) is 0 Å². The Morgan fingerprint density at radius 1 is 0.367 bits per heavy atom. The number of rotatable bonds is 4. The number of furan rings is 1. The minimum atomic E-state index is -0.729. The van der Waals surface area contributed by atoms with E-state index in [0.29, 0.717) is 22.1 Å². The lowest BCUT2D eigenvalue weighted by atomic mass is 9.84. The quantitative estimate of drug-likeness (QED) is 0.139. The molecule has 1 aromatic heterocycles. The highest BCUT2D eigenvalue weighted by Gasteiger charge is 2.26. The third-order valence-corrected chi connectivity index (χ3v) is 9.19. The van der Waals surface area contributed by atoms with Gasteiger partial charge >= 0.3 is 0 Å². The average Bonchev–Trinajstić information content (AvgIpc) is 3.68. The highest BCUT2D eigenvalue weighted by Crippen LogP contribution is 2.52. The smallest absolute Gasteiger partial charge is 0.143 e. The fourth-order valence-corrected chi connectivity index (χ4v) is 7.15. The Hall–Kier alpha value is -6.44. The third-order valence-electron chi connectivity index (χ3n) is 9.19. The molecular weight excluding hydrogens is 593 g/mol. The zero-order valence-electron chi connectivity index (χ0n) is 38.7. The van der Waals surface area contributed by atoms with Gasteiger partial charge in [0.2, 0.25) is 0 Å². The Morgan fingerprint density at radius 2 is 0.939 bits per heavy atom. The summed E-state index contributed by atoms with van der Waals surface area (Å²) in [4.78, 5) is 0. The maximum Gasteiger partial charge on any atom is 0.143 e. The van der Waals surface area contributed by atoms with Gasteiger partial charge in [-0.25, -0.2) is 0 Å². The van der Waals surface area contributed by atoms with Crippen molar-refractivity contribution in [2.24, 2.45) is 0 Å². The van der Waals surface area contributed by atoms with E-state index in [1.807, 2.05) is 97.1 Å². The summed E-state index contributed by atoms with van der Waals surface area (Å²) >= 11 is 0. The summed E-state index contributed by atoms with van der Waals surface area (Å²) in [7, 11) is 0. The van der Waals surface area contributed by atoms with Gasteiger partial charge in [0, 0.05) is 33.0 Å². The van der Waals surface area contributed by atoms with Crippen LogP contribution in [0, 0.1) is 0 Å². The van der Waals surface area contributed by atoms with Gasteiger partial charge in [-0.1, -0.05) is 182 Å². The summed E-state index contributed by atoms with van der Waals surface area (Å²) in [5.41, 5.74) is 1.96. The zero-order chi connectivity index (χ0) is 43.6. The molecule has 0 aliphatic heterocycles. The molecule has 0 saturated carbocycles.